The molecule has 1 fully saturated rings. The third kappa shape index (κ3) is 2.89. The molecule has 0 atom stereocenters. The van der Waals surface area contributed by atoms with Crippen LogP contribution in [-0.2, 0) is 29.5 Å². The van der Waals surface area contributed by atoms with E-state index in [1.165, 1.54) is 54.3 Å². The minimum absolute atomic E-state index is 0.473. The van der Waals surface area contributed by atoms with Crippen molar-refractivity contribution in [3.05, 3.63) is 41.7 Å². The van der Waals surface area contributed by atoms with E-state index in [1.54, 1.807) is 7.11 Å². The van der Waals surface area contributed by atoms with Gasteiger partial charge in [0.1, 0.15) is 6.61 Å². The van der Waals surface area contributed by atoms with Gasteiger partial charge in [-0.25, -0.2) is 14.8 Å². The van der Waals surface area contributed by atoms with Crippen molar-refractivity contribution in [1.29, 1.82) is 0 Å². The van der Waals surface area contributed by atoms with Crippen LogP contribution < -0.4 is 0 Å². The van der Waals surface area contributed by atoms with Crippen molar-refractivity contribution in [3.8, 4) is 11.5 Å². The Morgan fingerprint density at radius 3 is 2.85 bits per heavy atom. The first-order valence-electron chi connectivity index (χ1n) is 10.2. The molecule has 0 amide bonds. The highest BCUT2D eigenvalue weighted by Crippen LogP contribution is 2.44. The average molecular weight is 365 g/mol. The van der Waals surface area contributed by atoms with E-state index in [9.17, 15) is 0 Å². The van der Waals surface area contributed by atoms with Crippen LogP contribution in [0.5, 0.6) is 0 Å². The summed E-state index contributed by atoms with van der Waals surface area (Å²) in [5, 5.41) is 1.40. The van der Waals surface area contributed by atoms with Crippen LogP contribution in [0.3, 0.4) is 0 Å². The molecule has 0 N–H and O–H groups in total. The Hall–Kier alpha value is -2.11. The Morgan fingerprint density at radius 1 is 1.11 bits per heavy atom. The number of imidazole rings is 1. The minimum Gasteiger partial charge on any atom is -0.338 e. The molecule has 0 saturated heterocycles. The van der Waals surface area contributed by atoms with E-state index in [1.807, 2.05) is 6.20 Å². The average Bonchev–Trinajstić information content (AvgIpc) is 3.24. The lowest BCUT2D eigenvalue weighted by Crippen LogP contribution is -2.07. The molecule has 5 nitrogen and oxygen atoms in total. The molecular weight excluding hydrogens is 338 g/mol. The predicted octanol–water partition coefficient (Wildman–Crippen LogP) is 5.03. The van der Waals surface area contributed by atoms with Gasteiger partial charge in [-0.05, 0) is 42.4 Å². The summed E-state index contributed by atoms with van der Waals surface area (Å²) in [6.07, 6.45) is 11.8. The SMILES string of the molecule is COOCc1ccc2c(C3CCCCC3)c3n(c2c1)CCCn1ccnc1-3. The smallest absolute Gasteiger partial charge is 0.156 e. The minimum atomic E-state index is 0.473. The Bertz CT molecular complexity index is 950. The van der Waals surface area contributed by atoms with Gasteiger partial charge in [0.2, 0.25) is 0 Å². The molecular formula is C22H27N3O2. The van der Waals surface area contributed by atoms with Crippen LogP contribution in [0.4, 0.5) is 0 Å². The Labute approximate surface area is 159 Å². The van der Waals surface area contributed by atoms with E-state index in [4.69, 9.17) is 14.8 Å². The van der Waals surface area contributed by atoms with Crippen LogP contribution >= 0.6 is 0 Å². The summed E-state index contributed by atoms with van der Waals surface area (Å²) in [4.78, 5) is 14.8. The summed E-state index contributed by atoms with van der Waals surface area (Å²) in [5.41, 5.74) is 5.34. The predicted molar refractivity (Wildman–Crippen MR) is 105 cm³/mol. The molecule has 5 rings (SSSR count). The molecule has 0 unspecified atom stereocenters. The number of rotatable bonds is 4. The van der Waals surface area contributed by atoms with Crippen molar-refractivity contribution < 1.29 is 9.78 Å². The number of hydrogen-bond donors (Lipinski definition) is 0. The lowest BCUT2D eigenvalue weighted by molar-refractivity contribution is -0.282. The van der Waals surface area contributed by atoms with Crippen molar-refractivity contribution >= 4 is 10.9 Å². The monoisotopic (exact) mass is 365 g/mol. The molecule has 1 aromatic carbocycles. The number of aryl methyl sites for hydroxylation is 2. The van der Waals surface area contributed by atoms with Crippen LogP contribution in [0.25, 0.3) is 22.4 Å². The highest BCUT2D eigenvalue weighted by atomic mass is 17.2. The topological polar surface area (TPSA) is 41.2 Å². The number of hydrogen-bond acceptors (Lipinski definition) is 3. The van der Waals surface area contributed by atoms with Crippen molar-refractivity contribution in [1.82, 2.24) is 14.1 Å². The first-order chi connectivity index (χ1) is 13.4. The van der Waals surface area contributed by atoms with E-state index < -0.39 is 0 Å². The summed E-state index contributed by atoms with van der Waals surface area (Å²) >= 11 is 0. The number of aromatic nitrogens is 3. The Morgan fingerprint density at radius 2 is 2.00 bits per heavy atom. The van der Waals surface area contributed by atoms with E-state index in [-0.39, 0.29) is 0 Å². The third-order valence-electron chi connectivity index (χ3n) is 6.23. The molecule has 2 aliphatic rings. The second kappa shape index (κ2) is 7.13. The summed E-state index contributed by atoms with van der Waals surface area (Å²) in [6, 6.07) is 6.76. The van der Waals surface area contributed by atoms with Crippen molar-refractivity contribution in [2.24, 2.45) is 0 Å². The molecule has 2 aromatic heterocycles. The summed E-state index contributed by atoms with van der Waals surface area (Å²) in [7, 11) is 1.56. The lowest BCUT2D eigenvalue weighted by atomic mass is 9.82. The number of benzene rings is 1. The highest BCUT2D eigenvalue weighted by molar-refractivity contribution is 5.92. The van der Waals surface area contributed by atoms with E-state index in [2.05, 4.69) is 33.5 Å². The van der Waals surface area contributed by atoms with Gasteiger partial charge in [-0.2, -0.15) is 0 Å². The Balaban J connectivity index is 1.74. The van der Waals surface area contributed by atoms with Gasteiger partial charge in [-0.15, -0.1) is 0 Å². The summed E-state index contributed by atoms with van der Waals surface area (Å²) in [6.45, 7) is 2.55. The van der Waals surface area contributed by atoms with Crippen LogP contribution in [0.2, 0.25) is 0 Å². The number of fused-ring (bicyclic) bond motifs is 5. The molecule has 1 saturated carbocycles. The zero-order chi connectivity index (χ0) is 18.2. The fraction of sp³-hybridized carbons (Fsp3) is 0.500. The normalized spacial score (nSPS) is 17.7. The van der Waals surface area contributed by atoms with Crippen LogP contribution in [0, 0.1) is 0 Å². The van der Waals surface area contributed by atoms with Crippen LogP contribution in [0.15, 0.2) is 30.6 Å². The van der Waals surface area contributed by atoms with Gasteiger partial charge >= 0.3 is 0 Å². The zero-order valence-corrected chi connectivity index (χ0v) is 16.0. The maximum absolute atomic E-state index is 5.18. The van der Waals surface area contributed by atoms with E-state index in [0.717, 1.165) is 30.9 Å². The van der Waals surface area contributed by atoms with Gasteiger partial charge in [0, 0.05) is 36.4 Å². The molecule has 3 heterocycles. The molecule has 0 bridgehead atoms. The molecule has 3 aromatic rings. The van der Waals surface area contributed by atoms with Crippen molar-refractivity contribution in [2.75, 3.05) is 7.11 Å². The van der Waals surface area contributed by atoms with Gasteiger partial charge in [0.05, 0.1) is 12.8 Å². The Kier molecular flexibility index (Phi) is 4.50. The molecule has 5 heteroatoms. The quantitative estimate of drug-likeness (QED) is 0.481. The first kappa shape index (κ1) is 17.0. The fourth-order valence-electron chi connectivity index (χ4n) is 5.02. The van der Waals surface area contributed by atoms with Gasteiger partial charge < -0.3 is 9.13 Å². The van der Waals surface area contributed by atoms with Gasteiger partial charge in [-0.3, -0.25) is 0 Å². The molecule has 0 spiro atoms. The van der Waals surface area contributed by atoms with Gasteiger partial charge in [0.15, 0.2) is 5.82 Å². The first-order valence-corrected chi connectivity index (χ1v) is 10.2. The summed E-state index contributed by atoms with van der Waals surface area (Å²) < 4.78 is 4.85. The van der Waals surface area contributed by atoms with Crippen LogP contribution in [-0.4, -0.2) is 21.2 Å². The highest BCUT2D eigenvalue weighted by Gasteiger charge is 2.29. The van der Waals surface area contributed by atoms with Gasteiger partial charge in [0.25, 0.3) is 0 Å². The molecule has 1 aliphatic carbocycles. The lowest BCUT2D eigenvalue weighted by Gasteiger charge is -2.23. The third-order valence-corrected chi connectivity index (χ3v) is 6.23. The maximum Gasteiger partial charge on any atom is 0.156 e. The molecule has 27 heavy (non-hydrogen) atoms. The van der Waals surface area contributed by atoms with Crippen molar-refractivity contribution in [3.63, 3.8) is 0 Å². The fourth-order valence-corrected chi connectivity index (χ4v) is 5.02. The van der Waals surface area contributed by atoms with Gasteiger partial charge in [-0.1, -0.05) is 31.4 Å². The number of nitrogens with zero attached hydrogens (tertiary/aromatic N) is 3. The van der Waals surface area contributed by atoms with E-state index >= 15 is 0 Å². The summed E-state index contributed by atoms with van der Waals surface area (Å²) in [5.74, 6) is 1.78. The molecule has 142 valence electrons. The van der Waals surface area contributed by atoms with Crippen molar-refractivity contribution in [2.45, 2.75) is 64.1 Å². The zero-order valence-electron chi connectivity index (χ0n) is 16.0. The largest absolute Gasteiger partial charge is 0.338 e. The standard InChI is InChI=1S/C22H27N3O2/c1-26-27-15-16-8-9-18-19(14-16)25-12-5-11-24-13-10-23-22(24)21(25)20(18)17-6-3-2-4-7-17/h8-10,13-14,17H,2-7,11-12,15H2,1H3. The van der Waals surface area contributed by atoms with Crippen LogP contribution in [0.1, 0.15) is 55.6 Å². The molecule has 1 aliphatic heterocycles. The molecule has 0 radical (unpaired) electrons. The maximum atomic E-state index is 5.18. The second-order valence-corrected chi connectivity index (χ2v) is 7.83. The second-order valence-electron chi connectivity index (χ2n) is 7.83. The van der Waals surface area contributed by atoms with E-state index in [0.29, 0.717) is 12.5 Å².